The van der Waals surface area contributed by atoms with Gasteiger partial charge >= 0.3 is 18.3 Å². The molecule has 3 heterocycles. The lowest BCUT2D eigenvalue weighted by Crippen LogP contribution is -2.24. The molecule has 3 aliphatic heterocycles. The van der Waals surface area contributed by atoms with E-state index in [0.717, 1.165) is 36.3 Å². The molecule has 0 aromatic heterocycles. The van der Waals surface area contributed by atoms with E-state index < -0.39 is 0 Å². The van der Waals surface area contributed by atoms with Crippen molar-refractivity contribution in [2.75, 3.05) is 34.3 Å². The molecule has 0 radical (unpaired) electrons. The Labute approximate surface area is 330 Å². The molecule has 3 unspecified atom stereocenters. The molecule has 3 aromatic carbocycles. The highest BCUT2D eigenvalue weighted by Gasteiger charge is 2.33. The quantitative estimate of drug-likeness (QED) is 0.202. The molecule has 3 saturated heterocycles. The molecule has 3 aromatic rings. The van der Waals surface area contributed by atoms with Gasteiger partial charge in [0.2, 0.25) is 0 Å². The van der Waals surface area contributed by atoms with E-state index in [1.54, 1.807) is 14.7 Å². The summed E-state index contributed by atoms with van der Waals surface area (Å²) in [6.45, 7) is 29.6. The van der Waals surface area contributed by atoms with E-state index in [1.165, 1.54) is 38.9 Å². The van der Waals surface area contributed by atoms with E-state index in [4.69, 9.17) is 14.2 Å². The Morgan fingerprint density at radius 3 is 1.05 bits per heavy atom. The van der Waals surface area contributed by atoms with E-state index in [1.807, 2.05) is 32.9 Å². The summed E-state index contributed by atoms with van der Waals surface area (Å²) < 4.78 is 15.9. The van der Waals surface area contributed by atoms with Gasteiger partial charge in [-0.15, -0.1) is 0 Å². The van der Waals surface area contributed by atoms with Crippen molar-refractivity contribution in [3.8, 4) is 0 Å². The monoisotopic (exact) mass is 755 g/mol. The van der Waals surface area contributed by atoms with Crippen molar-refractivity contribution in [1.29, 1.82) is 0 Å². The summed E-state index contributed by atoms with van der Waals surface area (Å²) in [5.74, 6) is 1.52. The smallest absolute Gasteiger partial charge is 0.414 e. The second-order valence-corrected chi connectivity index (χ2v) is 16.1. The van der Waals surface area contributed by atoms with Crippen LogP contribution in [0.5, 0.6) is 0 Å². The first kappa shape index (κ1) is 43.2. The number of aryl methyl sites for hydroxylation is 4. The van der Waals surface area contributed by atoms with Gasteiger partial charge in [-0.25, -0.2) is 14.4 Å². The first-order valence-corrected chi connectivity index (χ1v) is 20.3. The number of carbonyl (C=O) groups is 3. The molecular formula is C46H65N3O6. The first-order valence-electron chi connectivity index (χ1n) is 20.3. The highest BCUT2D eigenvalue weighted by molar-refractivity contribution is 5.91. The molecule has 0 aliphatic carbocycles. The van der Waals surface area contributed by atoms with Crippen molar-refractivity contribution in [3.05, 3.63) is 87.5 Å². The Kier molecular flexibility index (Phi) is 14.8. The Hall–Kier alpha value is -4.53. The summed E-state index contributed by atoms with van der Waals surface area (Å²) in [5.41, 5.74) is 11.8. The fourth-order valence-corrected chi connectivity index (χ4v) is 7.80. The number of ether oxygens (including phenoxy) is 3. The largest absolute Gasteiger partial charge is 0.444 e. The third-order valence-corrected chi connectivity index (χ3v) is 10.8. The Morgan fingerprint density at radius 2 is 0.800 bits per heavy atom. The minimum absolute atomic E-state index is 0.0258. The van der Waals surface area contributed by atoms with Crippen LogP contribution in [0.2, 0.25) is 0 Å². The lowest BCUT2D eigenvalue weighted by Gasteiger charge is -2.19. The van der Waals surface area contributed by atoms with Gasteiger partial charge in [-0.1, -0.05) is 74.4 Å². The molecule has 3 fully saturated rings. The maximum atomic E-state index is 11.9. The second-order valence-electron chi connectivity index (χ2n) is 16.1. The van der Waals surface area contributed by atoms with Gasteiger partial charge in [0.25, 0.3) is 0 Å². The number of rotatable bonds is 9. The number of nitrogens with zero attached hydrogens (tertiary/aromatic N) is 3. The molecule has 300 valence electrons. The maximum Gasteiger partial charge on any atom is 0.414 e. The molecule has 0 saturated carbocycles. The number of benzene rings is 3. The summed E-state index contributed by atoms with van der Waals surface area (Å²) in [6.07, 6.45) is 2.02. The zero-order chi connectivity index (χ0) is 40.7. The zero-order valence-corrected chi connectivity index (χ0v) is 35.6. The number of cyclic esters (lactones) is 3. The van der Waals surface area contributed by atoms with Crippen molar-refractivity contribution in [2.24, 2.45) is 0 Å². The van der Waals surface area contributed by atoms with Crippen LogP contribution in [0.1, 0.15) is 138 Å². The van der Waals surface area contributed by atoms with Gasteiger partial charge < -0.3 is 14.2 Å². The van der Waals surface area contributed by atoms with E-state index in [2.05, 4.69) is 106 Å². The number of hydrogen-bond acceptors (Lipinski definition) is 6. The SMILES string of the molecule is CCC1CN(c2cc(C)c(C(C)C)c(C)c2)C(=O)O1.CCC1CN(c2ccc(C(C)C)c(C)c2)C(=O)O1.CCC1CN(c2ccc(C(C)C)c(C)c2)C(=O)O1. The molecule has 9 nitrogen and oxygen atoms in total. The molecule has 3 aliphatic rings. The molecule has 3 amide bonds. The molecule has 0 bridgehead atoms. The van der Waals surface area contributed by atoms with Crippen molar-refractivity contribution in [1.82, 2.24) is 0 Å². The van der Waals surface area contributed by atoms with E-state index in [-0.39, 0.29) is 36.6 Å². The topological polar surface area (TPSA) is 88.6 Å². The molecule has 0 N–H and O–H groups in total. The summed E-state index contributed by atoms with van der Waals surface area (Å²) in [5, 5.41) is 0. The van der Waals surface area contributed by atoms with Gasteiger partial charge in [-0.3, -0.25) is 14.7 Å². The van der Waals surface area contributed by atoms with Gasteiger partial charge in [-0.2, -0.15) is 0 Å². The third kappa shape index (κ3) is 10.4. The van der Waals surface area contributed by atoms with Crippen LogP contribution in [0.3, 0.4) is 0 Å². The van der Waals surface area contributed by atoms with Gasteiger partial charge in [0.1, 0.15) is 18.3 Å². The molecule has 6 rings (SSSR count). The van der Waals surface area contributed by atoms with Crippen LogP contribution >= 0.6 is 0 Å². The lowest BCUT2D eigenvalue weighted by molar-refractivity contribution is 0.138. The molecular weight excluding hydrogens is 691 g/mol. The number of amides is 3. The van der Waals surface area contributed by atoms with Crippen LogP contribution in [-0.2, 0) is 14.2 Å². The van der Waals surface area contributed by atoms with Crippen LogP contribution in [0.4, 0.5) is 31.4 Å². The van der Waals surface area contributed by atoms with E-state index >= 15 is 0 Å². The fourth-order valence-electron chi connectivity index (χ4n) is 7.80. The van der Waals surface area contributed by atoms with Crippen LogP contribution in [0.15, 0.2) is 48.5 Å². The van der Waals surface area contributed by atoms with Crippen molar-refractivity contribution < 1.29 is 28.6 Å². The molecule has 0 spiro atoms. The highest BCUT2D eigenvalue weighted by atomic mass is 16.6. The summed E-state index contributed by atoms with van der Waals surface area (Å²) in [7, 11) is 0. The standard InChI is InChI=1S/C16H23NO2.2C15H21NO2/c1-6-14-9-17(16(18)19-14)13-7-11(4)15(10(2)3)12(5)8-13;2*1-5-13-9-16(15(17)18-13)12-6-7-14(10(2)3)11(4)8-12/h7-8,10,14H,6,9H2,1-5H3;2*6-8,10,13H,5,9H2,1-4H3. The van der Waals surface area contributed by atoms with Crippen LogP contribution in [0, 0.1) is 27.7 Å². The Balaban J connectivity index is 0.000000184. The third-order valence-electron chi connectivity index (χ3n) is 10.8. The normalized spacial score (nSPS) is 19.4. The van der Waals surface area contributed by atoms with Crippen molar-refractivity contribution in [3.63, 3.8) is 0 Å². The average molecular weight is 756 g/mol. The van der Waals surface area contributed by atoms with E-state index in [9.17, 15) is 14.4 Å². The first-order chi connectivity index (χ1) is 26.0. The summed E-state index contributed by atoms with van der Waals surface area (Å²) >= 11 is 0. The number of anilines is 3. The minimum atomic E-state index is -0.224. The lowest BCUT2D eigenvalue weighted by atomic mass is 9.92. The van der Waals surface area contributed by atoms with Gasteiger partial charge in [0, 0.05) is 17.1 Å². The minimum Gasteiger partial charge on any atom is -0.444 e. The van der Waals surface area contributed by atoms with Crippen LogP contribution in [-0.4, -0.2) is 56.2 Å². The predicted octanol–water partition coefficient (Wildman–Crippen LogP) is 11.9. The number of carbonyl (C=O) groups excluding carboxylic acids is 3. The van der Waals surface area contributed by atoms with Crippen LogP contribution < -0.4 is 14.7 Å². The average Bonchev–Trinajstić information content (AvgIpc) is 3.83. The summed E-state index contributed by atoms with van der Waals surface area (Å²) in [4.78, 5) is 40.6. The van der Waals surface area contributed by atoms with Crippen molar-refractivity contribution >= 4 is 35.3 Å². The zero-order valence-electron chi connectivity index (χ0n) is 35.6. The predicted molar refractivity (Wildman–Crippen MR) is 224 cm³/mol. The Morgan fingerprint density at radius 1 is 0.491 bits per heavy atom. The van der Waals surface area contributed by atoms with Crippen LogP contribution in [0.25, 0.3) is 0 Å². The van der Waals surface area contributed by atoms with E-state index in [0.29, 0.717) is 37.4 Å². The fraction of sp³-hybridized carbons (Fsp3) is 0.543. The Bertz CT molecular complexity index is 1710. The highest BCUT2D eigenvalue weighted by Crippen LogP contribution is 2.32. The molecule has 55 heavy (non-hydrogen) atoms. The van der Waals surface area contributed by atoms with Gasteiger partial charge in [0.15, 0.2) is 0 Å². The maximum absolute atomic E-state index is 11.9. The van der Waals surface area contributed by atoms with Gasteiger partial charge in [-0.05, 0) is 140 Å². The second kappa shape index (κ2) is 18.9. The van der Waals surface area contributed by atoms with Crippen molar-refractivity contribution in [2.45, 2.75) is 145 Å². The summed E-state index contributed by atoms with van der Waals surface area (Å²) in [6, 6.07) is 16.6. The molecule has 3 atom stereocenters. The number of hydrogen-bond donors (Lipinski definition) is 0. The van der Waals surface area contributed by atoms with Gasteiger partial charge in [0.05, 0.1) is 19.6 Å². The molecule has 9 heteroatoms.